The smallest absolute Gasteiger partial charge is 0.296 e. The number of pyridine rings is 1. The van der Waals surface area contributed by atoms with Crippen LogP contribution in [0, 0.1) is 0 Å². The average molecular weight is 374 g/mol. The van der Waals surface area contributed by atoms with Crippen LogP contribution in [0.5, 0.6) is 0 Å². The van der Waals surface area contributed by atoms with Crippen molar-refractivity contribution in [3.8, 4) is 0 Å². The van der Waals surface area contributed by atoms with Crippen molar-refractivity contribution < 1.29 is 34.8 Å². The number of halogens is 6. The Hall–Kier alpha value is -1.78. The van der Waals surface area contributed by atoms with Crippen LogP contribution in [0.3, 0.4) is 0 Å². The molecule has 0 aliphatic heterocycles. The quantitative estimate of drug-likeness (QED) is 0.711. The third kappa shape index (κ3) is 2.96. The largest absolute Gasteiger partial charge is 0.501 e. The molecule has 0 aromatic carbocycles. The summed E-state index contributed by atoms with van der Waals surface area (Å²) in [5, 5.41) is 0. The number of hydrogen-bond acceptors (Lipinski definition) is 3. The number of fused-ring (bicyclic) bond motifs is 1. The van der Waals surface area contributed by atoms with Gasteiger partial charge in [-0.05, 0) is 6.07 Å². The number of aromatic nitrogens is 2. The first kappa shape index (κ1) is 18.6. The molecule has 2 aromatic heterocycles. The van der Waals surface area contributed by atoms with E-state index < -0.39 is 48.9 Å². The minimum absolute atomic E-state index is 0.392. The lowest BCUT2D eigenvalue weighted by Gasteiger charge is -2.19. The Morgan fingerprint density at radius 3 is 2.00 bits per heavy atom. The number of imidazole rings is 1. The summed E-state index contributed by atoms with van der Waals surface area (Å²) in [6, 6.07) is 0.951. The van der Waals surface area contributed by atoms with Crippen LogP contribution < -0.4 is 0 Å². The van der Waals surface area contributed by atoms with E-state index in [4.69, 9.17) is 0 Å². The summed E-state index contributed by atoms with van der Waals surface area (Å²) in [7, 11) is -5.68. The van der Waals surface area contributed by atoms with Gasteiger partial charge in [0.2, 0.25) is 0 Å². The third-order valence-corrected chi connectivity index (χ3v) is 4.68. The van der Waals surface area contributed by atoms with E-state index in [-0.39, 0.29) is 0 Å². The van der Waals surface area contributed by atoms with Crippen LogP contribution in [0.4, 0.5) is 26.3 Å². The lowest BCUT2D eigenvalue weighted by Crippen LogP contribution is -2.23. The minimum Gasteiger partial charge on any atom is -0.296 e. The van der Waals surface area contributed by atoms with Gasteiger partial charge in [0.1, 0.15) is 5.65 Å². The first-order valence-corrected chi connectivity index (χ1v) is 7.96. The van der Waals surface area contributed by atoms with Crippen molar-refractivity contribution in [3.05, 3.63) is 29.7 Å². The van der Waals surface area contributed by atoms with Gasteiger partial charge in [-0.25, -0.2) is 13.4 Å². The molecular weight excluding hydrogens is 362 g/mol. The van der Waals surface area contributed by atoms with Gasteiger partial charge >= 0.3 is 11.7 Å². The normalized spacial score (nSPS) is 14.4. The molecule has 0 spiro atoms. The highest BCUT2D eigenvalue weighted by molar-refractivity contribution is 7.92. The topological polar surface area (TPSA) is 51.4 Å². The Labute approximate surface area is 133 Å². The standard InChI is InChI=1S/C13H12F6N2O2S/c1-11(2,3)9-10(12(14,15)16)21-5-4-7(6-8(21)20-9)24(22,23)13(17,18)19/h4-6H,1-3H3. The van der Waals surface area contributed by atoms with Crippen LogP contribution in [-0.2, 0) is 21.4 Å². The Kier molecular flexibility index (Phi) is 3.95. The van der Waals surface area contributed by atoms with Crippen LogP contribution in [0.25, 0.3) is 5.65 Å². The molecule has 0 amide bonds. The zero-order chi connectivity index (χ0) is 18.7. The van der Waals surface area contributed by atoms with E-state index in [1.807, 2.05) is 0 Å². The monoisotopic (exact) mass is 374 g/mol. The van der Waals surface area contributed by atoms with Gasteiger partial charge in [0, 0.05) is 17.7 Å². The van der Waals surface area contributed by atoms with Gasteiger partial charge in [0.15, 0.2) is 5.69 Å². The van der Waals surface area contributed by atoms with E-state index in [2.05, 4.69) is 4.98 Å². The van der Waals surface area contributed by atoms with Crippen molar-refractivity contribution in [1.82, 2.24) is 9.38 Å². The van der Waals surface area contributed by atoms with Crippen LogP contribution in [0.1, 0.15) is 32.2 Å². The highest BCUT2D eigenvalue weighted by atomic mass is 32.2. The molecule has 0 aliphatic carbocycles. The predicted octanol–water partition coefficient (Wildman–Crippen LogP) is 3.94. The second kappa shape index (κ2) is 5.11. The molecule has 24 heavy (non-hydrogen) atoms. The molecule has 2 rings (SSSR count). The first-order chi connectivity index (χ1) is 10.6. The SMILES string of the molecule is CC(C)(C)c1nc2cc(S(=O)(=O)C(F)(F)F)ccn2c1C(F)(F)F. The summed E-state index contributed by atoms with van der Waals surface area (Å²) in [5.74, 6) is 0. The molecule has 0 bridgehead atoms. The van der Waals surface area contributed by atoms with E-state index in [1.54, 1.807) is 0 Å². The van der Waals surface area contributed by atoms with E-state index in [0.29, 0.717) is 22.7 Å². The van der Waals surface area contributed by atoms with Crippen LogP contribution in [0.2, 0.25) is 0 Å². The molecule has 0 atom stereocenters. The van der Waals surface area contributed by atoms with Gasteiger partial charge in [-0.2, -0.15) is 26.3 Å². The van der Waals surface area contributed by atoms with Crippen LogP contribution >= 0.6 is 0 Å². The molecule has 2 heterocycles. The summed E-state index contributed by atoms with van der Waals surface area (Å²) in [5.41, 5.74) is -8.69. The van der Waals surface area contributed by atoms with Gasteiger partial charge in [0.25, 0.3) is 9.84 Å². The van der Waals surface area contributed by atoms with Crippen molar-refractivity contribution in [3.63, 3.8) is 0 Å². The van der Waals surface area contributed by atoms with Crippen molar-refractivity contribution >= 4 is 15.5 Å². The van der Waals surface area contributed by atoms with E-state index in [1.165, 1.54) is 20.8 Å². The molecule has 11 heteroatoms. The Balaban J connectivity index is 2.83. The maximum Gasteiger partial charge on any atom is 0.501 e. The molecule has 0 radical (unpaired) electrons. The van der Waals surface area contributed by atoms with Crippen LogP contribution in [-0.4, -0.2) is 23.3 Å². The summed E-state index contributed by atoms with van der Waals surface area (Å²) in [6.45, 7) is 4.37. The van der Waals surface area contributed by atoms with Crippen molar-refractivity contribution in [2.75, 3.05) is 0 Å². The van der Waals surface area contributed by atoms with Crippen molar-refractivity contribution in [2.45, 2.75) is 42.8 Å². The highest BCUT2D eigenvalue weighted by Crippen LogP contribution is 2.38. The molecule has 2 aromatic rings. The zero-order valence-corrected chi connectivity index (χ0v) is 13.4. The van der Waals surface area contributed by atoms with E-state index >= 15 is 0 Å². The maximum absolute atomic E-state index is 13.3. The summed E-state index contributed by atoms with van der Waals surface area (Å²) < 4.78 is 101. The van der Waals surface area contributed by atoms with Crippen molar-refractivity contribution in [1.29, 1.82) is 0 Å². The number of hydrogen-bond donors (Lipinski definition) is 0. The molecule has 0 N–H and O–H groups in total. The van der Waals surface area contributed by atoms with Gasteiger partial charge < -0.3 is 0 Å². The second-order valence-electron chi connectivity index (χ2n) is 6.10. The van der Waals surface area contributed by atoms with Gasteiger partial charge in [-0.15, -0.1) is 0 Å². The Morgan fingerprint density at radius 1 is 1.04 bits per heavy atom. The van der Waals surface area contributed by atoms with Crippen LogP contribution in [0.15, 0.2) is 23.2 Å². The molecular formula is C13H12F6N2O2S. The average Bonchev–Trinajstić information content (AvgIpc) is 2.75. The molecule has 0 unspecified atom stereocenters. The maximum atomic E-state index is 13.3. The number of rotatable bonds is 1. The van der Waals surface area contributed by atoms with E-state index in [9.17, 15) is 34.8 Å². The second-order valence-corrected chi connectivity index (χ2v) is 8.04. The fourth-order valence-electron chi connectivity index (χ4n) is 2.12. The van der Waals surface area contributed by atoms with Gasteiger partial charge in [-0.3, -0.25) is 4.40 Å². The molecule has 4 nitrogen and oxygen atoms in total. The zero-order valence-electron chi connectivity index (χ0n) is 12.6. The summed E-state index contributed by atoms with van der Waals surface area (Å²) >= 11 is 0. The molecule has 0 saturated carbocycles. The van der Waals surface area contributed by atoms with Gasteiger partial charge in [0.05, 0.1) is 10.6 Å². The fourth-order valence-corrected chi connectivity index (χ4v) is 2.89. The van der Waals surface area contributed by atoms with E-state index in [0.717, 1.165) is 0 Å². The lowest BCUT2D eigenvalue weighted by atomic mass is 9.90. The number of nitrogens with zero attached hydrogens (tertiary/aromatic N) is 2. The molecule has 0 aliphatic rings. The third-order valence-electron chi connectivity index (χ3n) is 3.19. The molecule has 0 saturated heterocycles. The molecule has 134 valence electrons. The lowest BCUT2D eigenvalue weighted by molar-refractivity contribution is -0.143. The first-order valence-electron chi connectivity index (χ1n) is 6.48. The fraction of sp³-hybridized carbons (Fsp3) is 0.462. The summed E-state index contributed by atoms with van der Waals surface area (Å²) in [6.07, 6.45) is -4.19. The number of sulfone groups is 1. The minimum atomic E-state index is -5.68. The Morgan fingerprint density at radius 2 is 1.58 bits per heavy atom. The van der Waals surface area contributed by atoms with Gasteiger partial charge in [-0.1, -0.05) is 20.8 Å². The highest BCUT2D eigenvalue weighted by Gasteiger charge is 2.47. The van der Waals surface area contributed by atoms with Crippen molar-refractivity contribution in [2.24, 2.45) is 0 Å². The predicted molar refractivity (Wildman–Crippen MR) is 72.1 cm³/mol. The molecule has 0 fully saturated rings. The Bertz CT molecular complexity index is 888. The number of alkyl halides is 6. The summed E-state index contributed by atoms with van der Waals surface area (Å²) in [4.78, 5) is 2.55.